The van der Waals surface area contributed by atoms with E-state index >= 15 is 0 Å². The van der Waals surface area contributed by atoms with Crippen molar-refractivity contribution in [3.05, 3.63) is 53.3 Å². The van der Waals surface area contributed by atoms with Crippen molar-refractivity contribution in [1.29, 1.82) is 0 Å². The Morgan fingerprint density at radius 1 is 1.05 bits per heavy atom. The van der Waals surface area contributed by atoms with E-state index in [-0.39, 0.29) is 29.6 Å². The van der Waals surface area contributed by atoms with Crippen molar-refractivity contribution in [1.82, 2.24) is 0 Å². The van der Waals surface area contributed by atoms with Crippen molar-refractivity contribution in [3.8, 4) is 11.5 Å². The SMILES string of the molecule is Fc1ccccc1[N+]1=Cc2cc3c(cc2CC1)OCO3.[Br-]. The number of ether oxygens (including phenoxy) is 2. The molecule has 0 amide bonds. The molecule has 21 heavy (non-hydrogen) atoms. The van der Waals surface area contributed by atoms with Gasteiger partial charge in [0, 0.05) is 18.1 Å². The van der Waals surface area contributed by atoms with Gasteiger partial charge in [0.1, 0.15) is 0 Å². The van der Waals surface area contributed by atoms with Gasteiger partial charge in [-0.05, 0) is 23.8 Å². The number of hydrogen-bond donors (Lipinski definition) is 0. The van der Waals surface area contributed by atoms with Gasteiger partial charge in [0.2, 0.25) is 12.5 Å². The van der Waals surface area contributed by atoms with Crippen LogP contribution in [0.15, 0.2) is 36.4 Å². The molecule has 2 aromatic carbocycles. The first-order valence-electron chi connectivity index (χ1n) is 6.60. The highest BCUT2D eigenvalue weighted by Gasteiger charge is 2.24. The molecule has 0 N–H and O–H groups in total. The number of nitrogens with zero attached hydrogens (tertiary/aromatic N) is 1. The van der Waals surface area contributed by atoms with Crippen LogP contribution in [0.2, 0.25) is 0 Å². The third-order valence-electron chi connectivity index (χ3n) is 3.71. The molecule has 0 radical (unpaired) electrons. The van der Waals surface area contributed by atoms with Crippen LogP contribution in [-0.2, 0) is 6.42 Å². The molecule has 0 saturated heterocycles. The molecule has 0 atom stereocenters. The van der Waals surface area contributed by atoms with Crippen LogP contribution in [0, 0.1) is 5.82 Å². The molecule has 5 heteroatoms. The average molecular weight is 350 g/mol. The van der Waals surface area contributed by atoms with Gasteiger partial charge < -0.3 is 26.5 Å². The van der Waals surface area contributed by atoms with E-state index in [9.17, 15) is 4.39 Å². The van der Waals surface area contributed by atoms with E-state index in [1.165, 1.54) is 11.6 Å². The first-order valence-corrected chi connectivity index (χ1v) is 6.60. The Morgan fingerprint density at radius 3 is 2.62 bits per heavy atom. The molecule has 2 aromatic rings. The Balaban J connectivity index is 0.00000132. The predicted molar refractivity (Wildman–Crippen MR) is 72.6 cm³/mol. The number of hydrogen-bond acceptors (Lipinski definition) is 2. The van der Waals surface area contributed by atoms with Crippen molar-refractivity contribution < 1.29 is 35.4 Å². The van der Waals surface area contributed by atoms with Crippen LogP contribution in [0.3, 0.4) is 0 Å². The van der Waals surface area contributed by atoms with Crippen LogP contribution in [0.4, 0.5) is 10.1 Å². The predicted octanol–water partition coefficient (Wildman–Crippen LogP) is -0.122. The van der Waals surface area contributed by atoms with Gasteiger partial charge in [-0.3, -0.25) is 0 Å². The number of benzene rings is 2. The van der Waals surface area contributed by atoms with E-state index < -0.39 is 0 Å². The van der Waals surface area contributed by atoms with Gasteiger partial charge in [-0.25, -0.2) is 0 Å². The van der Waals surface area contributed by atoms with Crippen LogP contribution in [-0.4, -0.2) is 24.1 Å². The van der Waals surface area contributed by atoms with E-state index in [2.05, 4.69) is 0 Å². The largest absolute Gasteiger partial charge is 1.00 e. The summed E-state index contributed by atoms with van der Waals surface area (Å²) in [6.45, 7) is 1.03. The highest BCUT2D eigenvalue weighted by atomic mass is 79.9. The first kappa shape index (κ1) is 14.1. The summed E-state index contributed by atoms with van der Waals surface area (Å²) in [6.07, 6.45) is 2.83. The summed E-state index contributed by atoms with van der Waals surface area (Å²) in [5.74, 6) is 1.36. The van der Waals surface area contributed by atoms with Crippen LogP contribution in [0.1, 0.15) is 11.1 Å². The molecule has 0 aliphatic carbocycles. The highest BCUT2D eigenvalue weighted by Crippen LogP contribution is 2.35. The molecule has 0 aromatic heterocycles. The maximum absolute atomic E-state index is 13.9. The maximum atomic E-state index is 13.9. The lowest BCUT2D eigenvalue weighted by Gasteiger charge is -2.13. The molecule has 0 saturated carbocycles. The van der Waals surface area contributed by atoms with E-state index in [0.29, 0.717) is 5.69 Å². The lowest BCUT2D eigenvalue weighted by atomic mass is 10.0. The first-order chi connectivity index (χ1) is 9.81. The molecule has 0 bridgehead atoms. The third kappa shape index (κ3) is 2.42. The Kier molecular flexibility index (Phi) is 3.68. The maximum Gasteiger partial charge on any atom is 0.241 e. The minimum Gasteiger partial charge on any atom is -1.00 e. The van der Waals surface area contributed by atoms with Gasteiger partial charge in [0.25, 0.3) is 0 Å². The zero-order valence-corrected chi connectivity index (χ0v) is 12.8. The lowest BCUT2D eigenvalue weighted by Crippen LogP contribution is -3.00. The summed E-state index contributed by atoms with van der Waals surface area (Å²) in [4.78, 5) is 0. The van der Waals surface area contributed by atoms with Crippen molar-refractivity contribution in [3.63, 3.8) is 0 Å². The van der Waals surface area contributed by atoms with E-state index in [4.69, 9.17) is 9.47 Å². The van der Waals surface area contributed by atoms with Crippen LogP contribution < -0.4 is 26.5 Å². The average Bonchev–Trinajstić information content (AvgIpc) is 2.92. The topological polar surface area (TPSA) is 21.5 Å². The molecular weight excluding hydrogens is 337 g/mol. The smallest absolute Gasteiger partial charge is 0.241 e. The minimum absolute atomic E-state index is 0. The van der Waals surface area contributed by atoms with Crippen molar-refractivity contribution in [2.24, 2.45) is 0 Å². The van der Waals surface area contributed by atoms with Gasteiger partial charge in [-0.15, -0.1) is 0 Å². The van der Waals surface area contributed by atoms with E-state index in [1.807, 2.05) is 29.0 Å². The second kappa shape index (κ2) is 5.48. The number of rotatable bonds is 1. The molecule has 3 nitrogen and oxygen atoms in total. The molecule has 2 aliphatic heterocycles. The van der Waals surface area contributed by atoms with Gasteiger partial charge in [-0.1, -0.05) is 12.1 Å². The summed E-state index contributed by atoms with van der Waals surface area (Å²) in [5, 5.41) is 0. The quantitative estimate of drug-likeness (QED) is 0.669. The summed E-state index contributed by atoms with van der Waals surface area (Å²) in [6, 6.07) is 10.8. The highest BCUT2D eigenvalue weighted by molar-refractivity contribution is 5.81. The molecule has 0 unspecified atom stereocenters. The molecule has 0 spiro atoms. The van der Waals surface area contributed by atoms with Crippen molar-refractivity contribution in [2.45, 2.75) is 6.42 Å². The van der Waals surface area contributed by atoms with E-state index in [0.717, 1.165) is 30.0 Å². The summed E-state index contributed by atoms with van der Waals surface area (Å²) in [5.41, 5.74) is 2.88. The van der Waals surface area contributed by atoms with Crippen LogP contribution in [0.5, 0.6) is 11.5 Å². The fourth-order valence-electron chi connectivity index (χ4n) is 2.68. The fourth-order valence-corrected chi connectivity index (χ4v) is 2.68. The Bertz CT molecular complexity index is 730. The summed E-state index contributed by atoms with van der Waals surface area (Å²) in [7, 11) is 0. The Labute approximate surface area is 132 Å². The molecule has 108 valence electrons. The van der Waals surface area contributed by atoms with E-state index in [1.54, 1.807) is 12.1 Å². The third-order valence-corrected chi connectivity index (χ3v) is 3.71. The molecule has 0 fully saturated rings. The summed E-state index contributed by atoms with van der Waals surface area (Å²) < 4.78 is 26.6. The molecule has 2 aliphatic rings. The number of halogens is 2. The fraction of sp³-hybridized carbons (Fsp3) is 0.188. The zero-order chi connectivity index (χ0) is 13.5. The Morgan fingerprint density at radius 2 is 1.81 bits per heavy atom. The molecule has 2 heterocycles. The summed E-state index contributed by atoms with van der Waals surface area (Å²) >= 11 is 0. The lowest BCUT2D eigenvalue weighted by molar-refractivity contribution is -0.438. The molecule has 4 rings (SSSR count). The number of fused-ring (bicyclic) bond motifs is 2. The standard InChI is InChI=1S/C16H13FNO2.BrH/c17-13-3-1-2-4-14(13)18-6-5-11-7-15-16(20-10-19-15)8-12(11)9-18;/h1-4,7-9H,5-6,10H2;1H/q+1;/p-1. The van der Waals surface area contributed by atoms with Gasteiger partial charge in [-0.2, -0.15) is 8.97 Å². The normalized spacial score (nSPS) is 15.0. The van der Waals surface area contributed by atoms with Gasteiger partial charge >= 0.3 is 0 Å². The number of para-hydroxylation sites is 1. The van der Waals surface area contributed by atoms with Crippen LogP contribution in [0.25, 0.3) is 0 Å². The van der Waals surface area contributed by atoms with Crippen LogP contribution >= 0.6 is 0 Å². The monoisotopic (exact) mass is 349 g/mol. The van der Waals surface area contributed by atoms with Gasteiger partial charge in [0.05, 0.1) is 0 Å². The van der Waals surface area contributed by atoms with Gasteiger partial charge in [0.15, 0.2) is 30.1 Å². The Hall–Kier alpha value is -1.88. The second-order valence-electron chi connectivity index (χ2n) is 4.93. The molecular formula is C16H13BrFNO2. The second-order valence-corrected chi connectivity index (χ2v) is 4.93. The van der Waals surface area contributed by atoms with Crippen molar-refractivity contribution >= 4 is 11.9 Å². The zero-order valence-electron chi connectivity index (χ0n) is 11.2. The van der Waals surface area contributed by atoms with Crippen molar-refractivity contribution in [2.75, 3.05) is 13.3 Å². The minimum atomic E-state index is -0.201.